The van der Waals surface area contributed by atoms with Crippen LogP contribution >= 0.6 is 0 Å². The maximum Gasteiger partial charge on any atom is 0.0222 e. The van der Waals surface area contributed by atoms with Crippen molar-refractivity contribution in [3.8, 4) is 0 Å². The predicted molar refractivity (Wildman–Crippen MR) is 132 cm³/mol. The van der Waals surface area contributed by atoms with Crippen LogP contribution in [0.2, 0.25) is 0 Å². The van der Waals surface area contributed by atoms with Crippen molar-refractivity contribution in [2.75, 3.05) is 0 Å². The second-order valence-corrected chi connectivity index (χ2v) is 11.7. The Hall–Kier alpha value is -0.0800. The third-order valence-corrected chi connectivity index (χ3v) is 9.72. The summed E-state index contributed by atoms with van der Waals surface area (Å²) in [7, 11) is 0. The molecule has 0 radical (unpaired) electrons. The molecule has 4 bridgehead atoms. The zero-order valence-electron chi connectivity index (χ0n) is 20.9. The summed E-state index contributed by atoms with van der Waals surface area (Å²) in [5.74, 6) is 1.91. The topological polar surface area (TPSA) is 57.5 Å². The Bertz CT molecular complexity index is 461. The average molecular weight is 422 g/mol. The third-order valence-electron chi connectivity index (χ3n) is 9.72. The van der Waals surface area contributed by atoms with Gasteiger partial charge in [-0.15, -0.1) is 0 Å². The largest absolute Gasteiger partial charge is 0.412 e. The molecule has 4 saturated carbocycles. The maximum atomic E-state index is 7.55. The van der Waals surface area contributed by atoms with Crippen molar-refractivity contribution in [1.29, 1.82) is 0 Å². The van der Waals surface area contributed by atoms with Gasteiger partial charge in [0.25, 0.3) is 0 Å². The first kappa shape index (κ1) is 26.2. The number of unbranched alkanes of at least 4 members (excludes halogenated alkanes) is 9. The maximum absolute atomic E-state index is 7.55. The van der Waals surface area contributed by atoms with Gasteiger partial charge < -0.3 is 11.2 Å². The van der Waals surface area contributed by atoms with E-state index in [4.69, 9.17) is 5.73 Å². The molecular formula is C28H55NO. The molecule has 2 nitrogen and oxygen atoms in total. The van der Waals surface area contributed by atoms with E-state index in [9.17, 15) is 0 Å². The minimum absolute atomic E-state index is 0. The molecule has 0 aromatic carbocycles. The smallest absolute Gasteiger partial charge is 0.0222 e. The number of hydrogen-bond acceptors (Lipinski definition) is 1. The molecule has 2 unspecified atom stereocenters. The fourth-order valence-corrected chi connectivity index (χ4v) is 8.75. The first-order chi connectivity index (χ1) is 14.0. The van der Waals surface area contributed by atoms with Gasteiger partial charge in [0.2, 0.25) is 0 Å². The fourth-order valence-electron chi connectivity index (χ4n) is 8.75. The van der Waals surface area contributed by atoms with Crippen LogP contribution in [0.3, 0.4) is 0 Å². The summed E-state index contributed by atoms with van der Waals surface area (Å²) in [5, 5.41) is 0. The molecule has 4 fully saturated rings. The average Bonchev–Trinajstić information content (AvgIpc) is 2.68. The van der Waals surface area contributed by atoms with Crippen LogP contribution < -0.4 is 5.73 Å². The van der Waals surface area contributed by atoms with Crippen molar-refractivity contribution in [2.45, 2.75) is 155 Å². The molecule has 4 rings (SSSR count). The van der Waals surface area contributed by atoms with Gasteiger partial charge in [-0.05, 0) is 74.0 Å². The number of hydrogen-bond donors (Lipinski definition) is 1. The highest BCUT2D eigenvalue weighted by molar-refractivity contribution is 5.22. The highest BCUT2D eigenvalue weighted by Crippen LogP contribution is 2.73. The van der Waals surface area contributed by atoms with Gasteiger partial charge in [0.05, 0.1) is 0 Å². The Morgan fingerprint density at radius 3 is 1.47 bits per heavy atom. The van der Waals surface area contributed by atoms with Gasteiger partial charge in [0, 0.05) is 5.54 Å². The highest BCUT2D eigenvalue weighted by atomic mass is 16.0. The lowest BCUT2D eigenvalue weighted by Gasteiger charge is -2.73. The fraction of sp³-hybridized carbons (Fsp3) is 1.00. The van der Waals surface area contributed by atoms with Gasteiger partial charge in [-0.2, -0.15) is 0 Å². The summed E-state index contributed by atoms with van der Waals surface area (Å²) >= 11 is 0. The predicted octanol–water partition coefficient (Wildman–Crippen LogP) is 7.97. The molecule has 0 spiro atoms. The van der Waals surface area contributed by atoms with Crippen LogP contribution in [-0.2, 0) is 0 Å². The Morgan fingerprint density at radius 1 is 0.600 bits per heavy atom. The van der Waals surface area contributed by atoms with Crippen molar-refractivity contribution in [3.63, 3.8) is 0 Å². The molecule has 30 heavy (non-hydrogen) atoms. The summed E-state index contributed by atoms with van der Waals surface area (Å²) in [4.78, 5) is 0. The lowest BCUT2D eigenvalue weighted by Crippen LogP contribution is -2.73. The van der Waals surface area contributed by atoms with Crippen molar-refractivity contribution >= 4 is 0 Å². The highest BCUT2D eigenvalue weighted by Gasteiger charge is 2.68. The van der Waals surface area contributed by atoms with Gasteiger partial charge in [0.1, 0.15) is 0 Å². The Balaban J connectivity index is 0.00000320. The van der Waals surface area contributed by atoms with E-state index in [1.165, 1.54) is 128 Å². The van der Waals surface area contributed by atoms with Crippen molar-refractivity contribution in [2.24, 2.45) is 28.4 Å². The van der Waals surface area contributed by atoms with E-state index in [2.05, 4.69) is 20.8 Å². The summed E-state index contributed by atoms with van der Waals surface area (Å²) in [5.41, 5.74) is 8.77. The Kier molecular flexibility index (Phi) is 10.2. The minimum atomic E-state index is 0. The molecular weight excluding hydrogens is 366 g/mol. The molecule has 178 valence electrons. The summed E-state index contributed by atoms with van der Waals surface area (Å²) in [6.07, 6.45) is 28.7. The lowest BCUT2D eigenvalue weighted by molar-refractivity contribution is -0.203. The normalized spacial score (nSPS) is 33.6. The van der Waals surface area contributed by atoms with E-state index >= 15 is 0 Å². The van der Waals surface area contributed by atoms with E-state index in [-0.39, 0.29) is 11.0 Å². The van der Waals surface area contributed by atoms with Crippen LogP contribution in [-0.4, -0.2) is 11.0 Å². The van der Waals surface area contributed by atoms with Gasteiger partial charge in [-0.3, -0.25) is 0 Å². The zero-order valence-corrected chi connectivity index (χ0v) is 20.9. The van der Waals surface area contributed by atoms with Gasteiger partial charge in [0.15, 0.2) is 0 Å². The molecule has 4 aliphatic rings. The SMILES string of the molecule is CCCCCCC12CC3CC(CC(N)(C3)C1(CCCCCC)CCCCCC)C2.O. The molecule has 0 aromatic rings. The molecule has 2 atom stereocenters. The van der Waals surface area contributed by atoms with Crippen LogP contribution in [0.15, 0.2) is 0 Å². The molecule has 4 aliphatic carbocycles. The lowest BCUT2D eigenvalue weighted by atomic mass is 9.33. The van der Waals surface area contributed by atoms with E-state index < -0.39 is 0 Å². The first-order valence-corrected chi connectivity index (χ1v) is 13.8. The van der Waals surface area contributed by atoms with Crippen LogP contribution in [0.5, 0.6) is 0 Å². The molecule has 0 amide bonds. The molecule has 0 saturated heterocycles. The van der Waals surface area contributed by atoms with E-state index in [1.54, 1.807) is 0 Å². The zero-order chi connectivity index (χ0) is 20.8. The minimum Gasteiger partial charge on any atom is -0.412 e. The first-order valence-electron chi connectivity index (χ1n) is 13.8. The van der Waals surface area contributed by atoms with Gasteiger partial charge in [-0.1, -0.05) is 97.8 Å². The summed E-state index contributed by atoms with van der Waals surface area (Å²) < 4.78 is 0. The molecule has 0 heterocycles. The second-order valence-electron chi connectivity index (χ2n) is 11.7. The van der Waals surface area contributed by atoms with Crippen molar-refractivity contribution < 1.29 is 5.48 Å². The monoisotopic (exact) mass is 421 g/mol. The third kappa shape index (κ3) is 5.11. The van der Waals surface area contributed by atoms with Crippen LogP contribution in [0.1, 0.15) is 149 Å². The Morgan fingerprint density at radius 2 is 1.03 bits per heavy atom. The number of nitrogens with two attached hydrogens (primary N) is 1. The van der Waals surface area contributed by atoms with Crippen molar-refractivity contribution in [3.05, 3.63) is 0 Å². The van der Waals surface area contributed by atoms with Crippen LogP contribution in [0.4, 0.5) is 0 Å². The molecule has 0 aromatic heterocycles. The Labute approximate surface area is 188 Å². The molecule has 2 heteroatoms. The second kappa shape index (κ2) is 11.7. The number of rotatable bonds is 15. The van der Waals surface area contributed by atoms with Crippen LogP contribution in [0, 0.1) is 22.7 Å². The van der Waals surface area contributed by atoms with E-state index in [0.717, 1.165) is 11.8 Å². The van der Waals surface area contributed by atoms with Crippen molar-refractivity contribution in [1.82, 2.24) is 0 Å². The van der Waals surface area contributed by atoms with Gasteiger partial charge >= 0.3 is 0 Å². The molecule has 4 N–H and O–H groups in total. The quantitative estimate of drug-likeness (QED) is 0.268. The summed E-state index contributed by atoms with van der Waals surface area (Å²) in [6.45, 7) is 7.05. The van der Waals surface area contributed by atoms with E-state index in [0.29, 0.717) is 10.8 Å². The van der Waals surface area contributed by atoms with E-state index in [1.807, 2.05) is 0 Å². The van der Waals surface area contributed by atoms with Gasteiger partial charge in [-0.25, -0.2) is 0 Å². The molecule has 0 aliphatic heterocycles. The standard InChI is InChI=1S/C28H53N.H2O/c1-4-7-10-13-16-26-20-24-19-25(21-26)23-28(29,22-24)27(26,17-14-11-8-5-2)18-15-12-9-6-3;/h24-25H,4-23,29H2,1-3H3;1H2. The van der Waals surface area contributed by atoms with Crippen LogP contribution in [0.25, 0.3) is 0 Å². The summed E-state index contributed by atoms with van der Waals surface area (Å²) in [6, 6.07) is 0.